The van der Waals surface area contributed by atoms with Crippen LogP contribution in [0.2, 0.25) is 0 Å². The van der Waals surface area contributed by atoms with E-state index in [1.54, 1.807) is 0 Å². The Morgan fingerprint density at radius 1 is 1.42 bits per heavy atom. The van der Waals surface area contributed by atoms with Crippen molar-refractivity contribution in [2.75, 3.05) is 12.4 Å². The van der Waals surface area contributed by atoms with E-state index in [2.05, 4.69) is 24.1 Å². The molecule has 0 saturated heterocycles. The van der Waals surface area contributed by atoms with Gasteiger partial charge in [0.2, 0.25) is 5.91 Å². The van der Waals surface area contributed by atoms with E-state index in [1.807, 2.05) is 38.2 Å². The molecule has 4 heteroatoms. The van der Waals surface area contributed by atoms with Gasteiger partial charge in [-0.05, 0) is 45.0 Å². The van der Waals surface area contributed by atoms with Crippen molar-refractivity contribution < 1.29 is 4.79 Å². The fourth-order valence-corrected chi connectivity index (χ4v) is 1.88. The molecule has 0 saturated carbocycles. The van der Waals surface area contributed by atoms with Crippen LogP contribution in [-0.4, -0.2) is 29.9 Å². The van der Waals surface area contributed by atoms with Crippen LogP contribution in [0.3, 0.4) is 0 Å². The summed E-state index contributed by atoms with van der Waals surface area (Å²) in [4.78, 5) is 14.3. The van der Waals surface area contributed by atoms with E-state index in [9.17, 15) is 4.79 Å². The molecule has 2 atom stereocenters. The molecular formula is C15H25N3O. The Morgan fingerprint density at radius 3 is 2.68 bits per heavy atom. The molecule has 2 unspecified atom stereocenters. The zero-order valence-electron chi connectivity index (χ0n) is 12.3. The first kappa shape index (κ1) is 15.7. The van der Waals surface area contributed by atoms with E-state index in [0.717, 1.165) is 17.7 Å². The molecule has 0 bridgehead atoms. The number of nitrogens with one attached hydrogen (secondary N) is 1. The first-order chi connectivity index (χ1) is 8.99. The quantitative estimate of drug-likeness (QED) is 0.827. The van der Waals surface area contributed by atoms with E-state index < -0.39 is 0 Å². The van der Waals surface area contributed by atoms with Crippen molar-refractivity contribution in [1.82, 2.24) is 4.90 Å². The molecule has 4 nitrogen and oxygen atoms in total. The lowest BCUT2D eigenvalue weighted by Crippen LogP contribution is -2.44. The van der Waals surface area contributed by atoms with Crippen LogP contribution in [0.5, 0.6) is 0 Å². The van der Waals surface area contributed by atoms with Gasteiger partial charge in [-0.15, -0.1) is 0 Å². The first-order valence-corrected chi connectivity index (χ1v) is 6.81. The molecule has 1 rings (SSSR count). The maximum Gasteiger partial charge on any atom is 0.241 e. The normalized spacial score (nSPS) is 14.2. The van der Waals surface area contributed by atoms with Gasteiger partial charge in [0, 0.05) is 18.3 Å². The van der Waals surface area contributed by atoms with Crippen LogP contribution in [0.4, 0.5) is 5.69 Å². The molecule has 0 fully saturated rings. The van der Waals surface area contributed by atoms with Crippen LogP contribution >= 0.6 is 0 Å². The zero-order valence-corrected chi connectivity index (χ0v) is 12.3. The molecule has 19 heavy (non-hydrogen) atoms. The molecule has 1 aromatic rings. The second-order valence-electron chi connectivity index (χ2n) is 4.99. The Bertz CT molecular complexity index is 420. The molecule has 0 aromatic heterocycles. The zero-order chi connectivity index (χ0) is 14.4. The Kier molecular flexibility index (Phi) is 5.99. The number of likely N-dealkylation sites (N-methyl/N-ethyl adjacent to an activating group) is 1. The van der Waals surface area contributed by atoms with Crippen molar-refractivity contribution in [1.29, 1.82) is 0 Å². The van der Waals surface area contributed by atoms with Crippen molar-refractivity contribution >= 4 is 11.6 Å². The third kappa shape index (κ3) is 4.33. The Labute approximate surface area is 116 Å². The lowest BCUT2D eigenvalue weighted by atomic mass is 10.1. The van der Waals surface area contributed by atoms with Gasteiger partial charge in [-0.3, -0.25) is 9.69 Å². The Hall–Kier alpha value is -1.39. The summed E-state index contributed by atoms with van der Waals surface area (Å²) >= 11 is 0. The summed E-state index contributed by atoms with van der Waals surface area (Å²) in [6.45, 7) is 6.65. The highest BCUT2D eigenvalue weighted by atomic mass is 16.2. The van der Waals surface area contributed by atoms with E-state index in [4.69, 9.17) is 5.73 Å². The smallest absolute Gasteiger partial charge is 0.241 e. The van der Waals surface area contributed by atoms with Gasteiger partial charge in [-0.25, -0.2) is 0 Å². The number of amides is 1. The van der Waals surface area contributed by atoms with E-state index in [0.29, 0.717) is 12.6 Å². The van der Waals surface area contributed by atoms with Crippen molar-refractivity contribution in [2.24, 2.45) is 5.73 Å². The fourth-order valence-electron chi connectivity index (χ4n) is 1.88. The van der Waals surface area contributed by atoms with Crippen LogP contribution in [-0.2, 0) is 11.3 Å². The summed E-state index contributed by atoms with van der Waals surface area (Å²) in [5, 5.41) is 2.94. The predicted octanol–water partition coefficient (Wildman–Crippen LogP) is 2.20. The third-order valence-electron chi connectivity index (χ3n) is 3.71. The number of carbonyl (C=O) groups is 1. The van der Waals surface area contributed by atoms with Gasteiger partial charge in [-0.2, -0.15) is 0 Å². The summed E-state index contributed by atoms with van der Waals surface area (Å²) in [5.41, 5.74) is 7.41. The van der Waals surface area contributed by atoms with E-state index in [1.165, 1.54) is 0 Å². The minimum atomic E-state index is -0.156. The highest BCUT2D eigenvalue weighted by Crippen LogP contribution is 2.12. The van der Waals surface area contributed by atoms with Crippen molar-refractivity contribution in [3.63, 3.8) is 0 Å². The molecular weight excluding hydrogens is 238 g/mol. The minimum Gasteiger partial charge on any atom is -0.326 e. The summed E-state index contributed by atoms with van der Waals surface area (Å²) in [5.74, 6) is 0.0111. The van der Waals surface area contributed by atoms with Crippen LogP contribution in [0.25, 0.3) is 0 Å². The highest BCUT2D eigenvalue weighted by Gasteiger charge is 2.21. The van der Waals surface area contributed by atoms with Crippen LogP contribution < -0.4 is 11.1 Å². The summed E-state index contributed by atoms with van der Waals surface area (Å²) in [7, 11) is 1.98. The van der Waals surface area contributed by atoms with Gasteiger partial charge in [0.15, 0.2) is 0 Å². The SMILES string of the molecule is CCC(C)N(C)C(C)C(=O)Nc1cccc(CN)c1. The first-order valence-electron chi connectivity index (χ1n) is 6.81. The predicted molar refractivity (Wildman–Crippen MR) is 79.9 cm³/mol. The molecule has 0 aliphatic rings. The minimum absolute atomic E-state index is 0.0111. The molecule has 0 aliphatic heterocycles. The van der Waals surface area contributed by atoms with Gasteiger partial charge in [0.1, 0.15) is 0 Å². The highest BCUT2D eigenvalue weighted by molar-refractivity contribution is 5.94. The van der Waals surface area contributed by atoms with Crippen LogP contribution in [0, 0.1) is 0 Å². The molecule has 106 valence electrons. The molecule has 0 radical (unpaired) electrons. The number of nitrogens with two attached hydrogens (primary N) is 1. The molecule has 0 aliphatic carbocycles. The van der Waals surface area contributed by atoms with E-state index >= 15 is 0 Å². The molecule has 0 heterocycles. The number of anilines is 1. The number of hydrogen-bond acceptors (Lipinski definition) is 3. The maximum absolute atomic E-state index is 12.2. The molecule has 1 amide bonds. The Balaban J connectivity index is 2.68. The van der Waals surface area contributed by atoms with Gasteiger partial charge >= 0.3 is 0 Å². The lowest BCUT2D eigenvalue weighted by Gasteiger charge is -2.29. The fraction of sp³-hybridized carbons (Fsp3) is 0.533. The number of rotatable bonds is 6. The second kappa shape index (κ2) is 7.26. The summed E-state index contributed by atoms with van der Waals surface area (Å²) in [6.07, 6.45) is 1.02. The van der Waals surface area contributed by atoms with Crippen molar-refractivity contribution in [3.8, 4) is 0 Å². The van der Waals surface area contributed by atoms with Gasteiger partial charge in [-0.1, -0.05) is 19.1 Å². The van der Waals surface area contributed by atoms with Crippen molar-refractivity contribution in [2.45, 2.75) is 45.8 Å². The number of hydrogen-bond donors (Lipinski definition) is 2. The second-order valence-corrected chi connectivity index (χ2v) is 4.99. The molecule has 3 N–H and O–H groups in total. The third-order valence-corrected chi connectivity index (χ3v) is 3.71. The number of carbonyl (C=O) groups excluding carboxylic acids is 1. The molecule has 1 aromatic carbocycles. The summed E-state index contributed by atoms with van der Waals surface area (Å²) < 4.78 is 0. The van der Waals surface area contributed by atoms with Crippen LogP contribution in [0.1, 0.15) is 32.8 Å². The monoisotopic (exact) mass is 263 g/mol. The van der Waals surface area contributed by atoms with Gasteiger partial charge in [0.05, 0.1) is 6.04 Å². The van der Waals surface area contributed by atoms with Gasteiger partial charge < -0.3 is 11.1 Å². The average Bonchev–Trinajstić information content (AvgIpc) is 2.44. The maximum atomic E-state index is 12.2. The number of benzene rings is 1. The van der Waals surface area contributed by atoms with Crippen molar-refractivity contribution in [3.05, 3.63) is 29.8 Å². The topological polar surface area (TPSA) is 58.4 Å². The average molecular weight is 263 g/mol. The standard InChI is InChI=1S/C15H25N3O/c1-5-11(2)18(4)12(3)15(19)17-14-8-6-7-13(9-14)10-16/h6-9,11-12H,5,10,16H2,1-4H3,(H,17,19). The molecule has 0 spiro atoms. The lowest BCUT2D eigenvalue weighted by molar-refractivity contribution is -0.120. The Morgan fingerprint density at radius 2 is 2.11 bits per heavy atom. The summed E-state index contributed by atoms with van der Waals surface area (Å²) in [6, 6.07) is 7.87. The largest absolute Gasteiger partial charge is 0.326 e. The van der Waals surface area contributed by atoms with Crippen LogP contribution in [0.15, 0.2) is 24.3 Å². The van der Waals surface area contributed by atoms with E-state index in [-0.39, 0.29) is 11.9 Å². The number of nitrogens with zero attached hydrogens (tertiary/aromatic N) is 1. The van der Waals surface area contributed by atoms with Gasteiger partial charge in [0.25, 0.3) is 0 Å².